The Kier molecular flexibility index (Phi) is 4.61. The fourth-order valence-electron chi connectivity index (χ4n) is 2.71. The maximum absolute atomic E-state index is 11.2. The van der Waals surface area contributed by atoms with Gasteiger partial charge in [-0.05, 0) is 25.0 Å². The minimum Gasteiger partial charge on any atom is -0.395 e. The van der Waals surface area contributed by atoms with Gasteiger partial charge in [-0.1, -0.05) is 24.4 Å². The summed E-state index contributed by atoms with van der Waals surface area (Å²) >= 11 is 5.83. The zero-order valence-electron chi connectivity index (χ0n) is 10.6. The molecule has 0 heterocycles. The van der Waals surface area contributed by atoms with E-state index in [1.807, 2.05) is 4.90 Å². The highest BCUT2D eigenvalue weighted by Crippen LogP contribution is 2.35. The fourth-order valence-corrected chi connectivity index (χ4v) is 2.88. The Morgan fingerprint density at radius 2 is 2.11 bits per heavy atom. The molecule has 19 heavy (non-hydrogen) atoms. The predicted molar refractivity (Wildman–Crippen MR) is 74.8 cm³/mol. The van der Waals surface area contributed by atoms with Crippen molar-refractivity contribution in [3.63, 3.8) is 0 Å². The van der Waals surface area contributed by atoms with Crippen molar-refractivity contribution >= 4 is 23.0 Å². The Morgan fingerprint density at radius 1 is 1.42 bits per heavy atom. The number of aliphatic hydroxyl groups is 1. The molecule has 1 aliphatic carbocycles. The molecule has 1 aliphatic rings. The molecule has 1 aromatic rings. The highest BCUT2D eigenvalue weighted by Gasteiger charge is 2.27. The zero-order valence-corrected chi connectivity index (χ0v) is 11.3. The third-order valence-corrected chi connectivity index (χ3v) is 3.79. The van der Waals surface area contributed by atoms with Crippen LogP contribution in [0, 0.1) is 10.1 Å². The van der Waals surface area contributed by atoms with Gasteiger partial charge in [-0.25, -0.2) is 0 Å². The van der Waals surface area contributed by atoms with Crippen molar-refractivity contribution in [1.29, 1.82) is 0 Å². The van der Waals surface area contributed by atoms with Gasteiger partial charge in [0.25, 0.3) is 5.69 Å². The molecule has 5 nitrogen and oxygen atoms in total. The number of nitro groups is 1. The van der Waals surface area contributed by atoms with E-state index in [0.717, 1.165) is 25.7 Å². The molecule has 1 fully saturated rings. The Bertz CT molecular complexity index is 461. The van der Waals surface area contributed by atoms with E-state index in [1.165, 1.54) is 6.07 Å². The molecular weight excluding hydrogens is 268 g/mol. The van der Waals surface area contributed by atoms with Crippen molar-refractivity contribution in [3.8, 4) is 0 Å². The first-order chi connectivity index (χ1) is 9.13. The summed E-state index contributed by atoms with van der Waals surface area (Å²) < 4.78 is 0. The summed E-state index contributed by atoms with van der Waals surface area (Å²) in [4.78, 5) is 12.7. The van der Waals surface area contributed by atoms with Gasteiger partial charge in [0.05, 0.1) is 11.5 Å². The minimum absolute atomic E-state index is 0.00727. The summed E-state index contributed by atoms with van der Waals surface area (Å²) in [5.41, 5.74) is 0.559. The standard InChI is InChI=1S/C13H17ClN2O3/c14-10-5-6-12(13(9-10)16(18)19)15(7-8-17)11-3-1-2-4-11/h5-6,9,11,17H,1-4,7-8H2. The van der Waals surface area contributed by atoms with Gasteiger partial charge in [0, 0.05) is 23.7 Å². The highest BCUT2D eigenvalue weighted by molar-refractivity contribution is 6.30. The van der Waals surface area contributed by atoms with E-state index in [1.54, 1.807) is 12.1 Å². The molecular formula is C13H17ClN2O3. The lowest BCUT2D eigenvalue weighted by molar-refractivity contribution is -0.384. The van der Waals surface area contributed by atoms with E-state index >= 15 is 0 Å². The molecule has 0 bridgehead atoms. The van der Waals surface area contributed by atoms with Crippen LogP contribution >= 0.6 is 11.6 Å². The molecule has 104 valence electrons. The molecule has 6 heteroatoms. The maximum Gasteiger partial charge on any atom is 0.294 e. The van der Waals surface area contributed by atoms with Gasteiger partial charge in [-0.2, -0.15) is 0 Å². The van der Waals surface area contributed by atoms with Crippen LogP contribution < -0.4 is 4.90 Å². The van der Waals surface area contributed by atoms with Gasteiger partial charge < -0.3 is 10.0 Å². The predicted octanol–water partition coefficient (Wildman–Crippen LogP) is 2.99. The van der Waals surface area contributed by atoms with Gasteiger partial charge in [-0.15, -0.1) is 0 Å². The quantitative estimate of drug-likeness (QED) is 0.667. The molecule has 1 aromatic carbocycles. The highest BCUT2D eigenvalue weighted by atomic mass is 35.5. The average molecular weight is 285 g/mol. The number of rotatable bonds is 5. The molecule has 0 unspecified atom stereocenters. The number of anilines is 1. The third kappa shape index (κ3) is 3.16. The van der Waals surface area contributed by atoms with Gasteiger partial charge >= 0.3 is 0 Å². The largest absolute Gasteiger partial charge is 0.395 e. The molecule has 0 amide bonds. The van der Waals surface area contributed by atoms with Crippen LogP contribution in [-0.2, 0) is 0 Å². The van der Waals surface area contributed by atoms with Gasteiger partial charge in [0.2, 0.25) is 0 Å². The first-order valence-corrected chi connectivity index (χ1v) is 6.82. The lowest BCUT2D eigenvalue weighted by Gasteiger charge is -2.30. The van der Waals surface area contributed by atoms with Crippen molar-refractivity contribution in [2.24, 2.45) is 0 Å². The second-order valence-electron chi connectivity index (χ2n) is 4.75. The van der Waals surface area contributed by atoms with Crippen molar-refractivity contribution in [3.05, 3.63) is 33.3 Å². The van der Waals surface area contributed by atoms with Gasteiger partial charge in [0.15, 0.2) is 0 Å². The Labute approximate surface area is 116 Å². The van der Waals surface area contributed by atoms with Gasteiger partial charge in [0.1, 0.15) is 5.69 Å². The van der Waals surface area contributed by atoms with Gasteiger partial charge in [-0.3, -0.25) is 10.1 Å². The molecule has 2 rings (SSSR count). The third-order valence-electron chi connectivity index (χ3n) is 3.55. The Balaban J connectivity index is 2.37. The van der Waals surface area contributed by atoms with E-state index in [-0.39, 0.29) is 18.3 Å². The Hall–Kier alpha value is -1.33. The second-order valence-corrected chi connectivity index (χ2v) is 5.18. The summed E-state index contributed by atoms with van der Waals surface area (Å²) in [6.45, 7) is 0.392. The monoisotopic (exact) mass is 284 g/mol. The second kappa shape index (κ2) is 6.21. The number of nitrogens with zero attached hydrogens (tertiary/aromatic N) is 2. The summed E-state index contributed by atoms with van der Waals surface area (Å²) in [7, 11) is 0. The average Bonchev–Trinajstić information content (AvgIpc) is 2.90. The van der Waals surface area contributed by atoms with Crippen molar-refractivity contribution in [2.75, 3.05) is 18.1 Å². The summed E-state index contributed by atoms with van der Waals surface area (Å²) in [6.07, 6.45) is 4.29. The van der Waals surface area contributed by atoms with Crippen LogP contribution in [0.5, 0.6) is 0 Å². The molecule has 0 radical (unpaired) electrons. The first-order valence-electron chi connectivity index (χ1n) is 6.45. The van der Waals surface area contributed by atoms with Crippen LogP contribution in [0.25, 0.3) is 0 Å². The van der Waals surface area contributed by atoms with Crippen LogP contribution in [0.2, 0.25) is 5.02 Å². The Morgan fingerprint density at radius 3 is 2.68 bits per heavy atom. The topological polar surface area (TPSA) is 66.6 Å². The molecule has 1 saturated carbocycles. The number of hydrogen-bond acceptors (Lipinski definition) is 4. The van der Waals surface area contributed by atoms with E-state index in [4.69, 9.17) is 11.6 Å². The summed E-state index contributed by atoms with van der Waals surface area (Å²) in [5, 5.41) is 20.7. The number of aliphatic hydroxyl groups excluding tert-OH is 1. The van der Waals surface area contributed by atoms with E-state index in [9.17, 15) is 15.2 Å². The number of hydrogen-bond donors (Lipinski definition) is 1. The lowest BCUT2D eigenvalue weighted by Crippen LogP contribution is -2.36. The smallest absolute Gasteiger partial charge is 0.294 e. The number of benzene rings is 1. The fraction of sp³-hybridized carbons (Fsp3) is 0.538. The molecule has 0 spiro atoms. The summed E-state index contributed by atoms with van der Waals surface area (Å²) in [5.74, 6) is 0. The minimum atomic E-state index is -0.416. The lowest BCUT2D eigenvalue weighted by atomic mass is 10.1. The normalized spacial score (nSPS) is 15.7. The van der Waals surface area contributed by atoms with Crippen LogP contribution in [-0.4, -0.2) is 29.2 Å². The van der Waals surface area contributed by atoms with Crippen LogP contribution in [0.3, 0.4) is 0 Å². The van der Waals surface area contributed by atoms with Crippen molar-refractivity contribution < 1.29 is 10.0 Å². The van der Waals surface area contributed by atoms with Crippen LogP contribution in [0.15, 0.2) is 18.2 Å². The molecule has 1 N–H and O–H groups in total. The zero-order chi connectivity index (χ0) is 13.8. The first kappa shape index (κ1) is 14.1. The number of nitro benzene ring substituents is 1. The molecule has 0 saturated heterocycles. The maximum atomic E-state index is 11.2. The van der Waals surface area contributed by atoms with Crippen LogP contribution in [0.1, 0.15) is 25.7 Å². The SMILES string of the molecule is O=[N+]([O-])c1cc(Cl)ccc1N(CCO)C1CCCC1. The number of halogens is 1. The molecule has 0 aromatic heterocycles. The van der Waals surface area contributed by atoms with Crippen molar-refractivity contribution in [2.45, 2.75) is 31.7 Å². The van der Waals surface area contributed by atoms with E-state index in [0.29, 0.717) is 17.3 Å². The van der Waals surface area contributed by atoms with E-state index < -0.39 is 4.92 Å². The molecule has 0 aliphatic heterocycles. The van der Waals surface area contributed by atoms with Crippen LogP contribution in [0.4, 0.5) is 11.4 Å². The van der Waals surface area contributed by atoms with E-state index in [2.05, 4.69) is 0 Å². The molecule has 0 atom stereocenters. The summed E-state index contributed by atoms with van der Waals surface area (Å²) in [6, 6.07) is 4.97. The van der Waals surface area contributed by atoms with Crippen molar-refractivity contribution in [1.82, 2.24) is 0 Å².